The topological polar surface area (TPSA) is 15.3 Å². The van der Waals surface area contributed by atoms with Crippen molar-refractivity contribution in [1.29, 1.82) is 0 Å². The Labute approximate surface area is 91.8 Å². The minimum atomic E-state index is 0.746. The van der Waals surface area contributed by atoms with Gasteiger partial charge in [-0.25, -0.2) is 0 Å². The van der Waals surface area contributed by atoms with Gasteiger partial charge in [-0.05, 0) is 25.0 Å². The molecule has 2 rings (SSSR count). The number of hydrogen-bond acceptors (Lipinski definition) is 3. The number of rotatable bonds is 2. The minimum absolute atomic E-state index is 0.746. The van der Waals surface area contributed by atoms with Crippen molar-refractivity contribution in [3.05, 3.63) is 0 Å². The van der Waals surface area contributed by atoms with Crippen molar-refractivity contribution >= 4 is 11.8 Å². The van der Waals surface area contributed by atoms with Crippen LogP contribution in [0.5, 0.6) is 0 Å². The quantitative estimate of drug-likeness (QED) is 0.751. The van der Waals surface area contributed by atoms with Gasteiger partial charge in [0.15, 0.2) is 0 Å². The number of thioether (sulfide) groups is 1. The van der Waals surface area contributed by atoms with Gasteiger partial charge in [-0.1, -0.05) is 6.92 Å². The molecule has 0 aromatic heterocycles. The first-order valence-electron chi connectivity index (χ1n) is 5.95. The van der Waals surface area contributed by atoms with Gasteiger partial charge in [-0.3, -0.25) is 4.90 Å². The van der Waals surface area contributed by atoms with Crippen LogP contribution in [0, 0.1) is 0 Å². The maximum Gasteiger partial charge on any atom is 0.0193 e. The summed E-state index contributed by atoms with van der Waals surface area (Å²) in [5.74, 6) is 2.76. The van der Waals surface area contributed by atoms with Crippen LogP contribution >= 0.6 is 11.8 Å². The SMILES string of the molecule is CCC1CN(C2CCCSC2)CCN1. The van der Waals surface area contributed by atoms with Crippen molar-refractivity contribution in [2.45, 2.75) is 38.3 Å². The first-order valence-corrected chi connectivity index (χ1v) is 7.11. The fourth-order valence-corrected chi connectivity index (χ4v) is 3.66. The summed E-state index contributed by atoms with van der Waals surface area (Å²) in [6, 6.07) is 1.63. The predicted molar refractivity (Wildman–Crippen MR) is 64.0 cm³/mol. The minimum Gasteiger partial charge on any atom is -0.311 e. The molecule has 2 unspecified atom stereocenters. The summed E-state index contributed by atoms with van der Waals surface area (Å²) in [5.41, 5.74) is 0. The van der Waals surface area contributed by atoms with Gasteiger partial charge < -0.3 is 5.32 Å². The van der Waals surface area contributed by atoms with Crippen LogP contribution in [0.25, 0.3) is 0 Å². The molecule has 0 aliphatic carbocycles. The molecule has 82 valence electrons. The third-order valence-corrected chi connectivity index (χ3v) is 4.63. The second-order valence-corrected chi connectivity index (χ2v) is 5.58. The van der Waals surface area contributed by atoms with E-state index in [0.29, 0.717) is 0 Å². The highest BCUT2D eigenvalue weighted by Gasteiger charge is 2.25. The molecule has 1 N–H and O–H groups in total. The maximum atomic E-state index is 3.59. The Bertz CT molecular complexity index is 169. The lowest BCUT2D eigenvalue weighted by atomic mass is 10.1. The van der Waals surface area contributed by atoms with E-state index >= 15 is 0 Å². The summed E-state index contributed by atoms with van der Waals surface area (Å²) in [5, 5.41) is 3.59. The molecule has 0 saturated carbocycles. The Kier molecular flexibility index (Phi) is 4.14. The Morgan fingerprint density at radius 1 is 1.50 bits per heavy atom. The van der Waals surface area contributed by atoms with Crippen LogP contribution in [0.2, 0.25) is 0 Å². The van der Waals surface area contributed by atoms with Crippen molar-refractivity contribution in [2.75, 3.05) is 31.1 Å². The van der Waals surface area contributed by atoms with Crippen LogP contribution in [0.4, 0.5) is 0 Å². The zero-order valence-corrected chi connectivity index (χ0v) is 9.98. The highest BCUT2D eigenvalue weighted by atomic mass is 32.2. The molecule has 0 aromatic rings. The zero-order valence-electron chi connectivity index (χ0n) is 9.17. The smallest absolute Gasteiger partial charge is 0.0193 e. The zero-order chi connectivity index (χ0) is 9.80. The van der Waals surface area contributed by atoms with E-state index in [4.69, 9.17) is 0 Å². The first kappa shape index (κ1) is 10.8. The summed E-state index contributed by atoms with van der Waals surface area (Å²) in [6.45, 7) is 6.03. The number of piperazine rings is 1. The summed E-state index contributed by atoms with van der Waals surface area (Å²) in [6.07, 6.45) is 4.13. The summed E-state index contributed by atoms with van der Waals surface area (Å²) >= 11 is 2.14. The third-order valence-electron chi connectivity index (χ3n) is 3.43. The fraction of sp³-hybridized carbons (Fsp3) is 1.00. The molecule has 0 amide bonds. The van der Waals surface area contributed by atoms with Crippen molar-refractivity contribution in [1.82, 2.24) is 10.2 Å². The molecule has 2 aliphatic heterocycles. The molecule has 0 aromatic carbocycles. The van der Waals surface area contributed by atoms with Crippen LogP contribution in [0.3, 0.4) is 0 Å². The van der Waals surface area contributed by atoms with Gasteiger partial charge in [0.2, 0.25) is 0 Å². The van der Waals surface area contributed by atoms with Crippen molar-refractivity contribution < 1.29 is 0 Å². The molecule has 2 fully saturated rings. The summed E-state index contributed by atoms with van der Waals surface area (Å²) in [4.78, 5) is 2.72. The molecule has 2 aliphatic rings. The molecule has 2 saturated heterocycles. The van der Waals surface area contributed by atoms with Gasteiger partial charge in [-0.15, -0.1) is 0 Å². The Morgan fingerprint density at radius 3 is 3.14 bits per heavy atom. The molecule has 0 radical (unpaired) electrons. The van der Waals surface area contributed by atoms with Gasteiger partial charge in [0.25, 0.3) is 0 Å². The van der Waals surface area contributed by atoms with E-state index in [9.17, 15) is 0 Å². The normalized spacial score (nSPS) is 35.8. The van der Waals surface area contributed by atoms with Crippen molar-refractivity contribution in [2.24, 2.45) is 0 Å². The fourth-order valence-electron chi connectivity index (χ4n) is 2.47. The summed E-state index contributed by atoms with van der Waals surface area (Å²) < 4.78 is 0. The summed E-state index contributed by atoms with van der Waals surface area (Å²) in [7, 11) is 0. The van der Waals surface area contributed by atoms with Crippen LogP contribution in [0.1, 0.15) is 26.2 Å². The van der Waals surface area contributed by atoms with Crippen LogP contribution in [-0.2, 0) is 0 Å². The lowest BCUT2D eigenvalue weighted by Crippen LogP contribution is -2.54. The molecule has 2 atom stereocenters. The van der Waals surface area contributed by atoms with Gasteiger partial charge in [-0.2, -0.15) is 11.8 Å². The Balaban J connectivity index is 1.83. The van der Waals surface area contributed by atoms with Crippen molar-refractivity contribution in [3.8, 4) is 0 Å². The second-order valence-electron chi connectivity index (χ2n) is 4.43. The third kappa shape index (κ3) is 2.65. The molecular formula is C11H22N2S. The van der Waals surface area contributed by atoms with Crippen LogP contribution in [0.15, 0.2) is 0 Å². The van der Waals surface area contributed by atoms with E-state index in [1.54, 1.807) is 0 Å². The van der Waals surface area contributed by atoms with E-state index in [2.05, 4.69) is 28.9 Å². The average Bonchev–Trinajstić information content (AvgIpc) is 2.30. The molecule has 2 nitrogen and oxygen atoms in total. The number of nitrogens with zero attached hydrogens (tertiary/aromatic N) is 1. The van der Waals surface area contributed by atoms with E-state index in [1.165, 1.54) is 50.4 Å². The van der Waals surface area contributed by atoms with E-state index in [0.717, 1.165) is 12.1 Å². The largest absolute Gasteiger partial charge is 0.311 e. The molecule has 3 heteroatoms. The molecule has 0 spiro atoms. The van der Waals surface area contributed by atoms with Gasteiger partial charge in [0, 0.05) is 37.5 Å². The number of nitrogens with one attached hydrogen (secondary N) is 1. The lowest BCUT2D eigenvalue weighted by Gasteiger charge is -2.40. The molecule has 14 heavy (non-hydrogen) atoms. The predicted octanol–water partition coefficient (Wildman–Crippen LogP) is 1.57. The average molecular weight is 214 g/mol. The highest BCUT2D eigenvalue weighted by Crippen LogP contribution is 2.22. The van der Waals surface area contributed by atoms with E-state index in [1.807, 2.05) is 0 Å². The lowest BCUT2D eigenvalue weighted by molar-refractivity contribution is 0.145. The van der Waals surface area contributed by atoms with Gasteiger partial charge in [0.05, 0.1) is 0 Å². The van der Waals surface area contributed by atoms with E-state index in [-0.39, 0.29) is 0 Å². The molecule has 0 bridgehead atoms. The second kappa shape index (κ2) is 5.38. The van der Waals surface area contributed by atoms with Crippen molar-refractivity contribution in [3.63, 3.8) is 0 Å². The Hall–Kier alpha value is 0.270. The van der Waals surface area contributed by atoms with Crippen LogP contribution in [-0.4, -0.2) is 48.1 Å². The first-order chi connectivity index (χ1) is 6.90. The van der Waals surface area contributed by atoms with Crippen LogP contribution < -0.4 is 5.32 Å². The standard InChI is InChI=1S/C11H22N2S/c1-2-10-8-13(6-5-12-10)11-4-3-7-14-9-11/h10-12H,2-9H2,1H3. The maximum absolute atomic E-state index is 3.59. The monoisotopic (exact) mass is 214 g/mol. The highest BCUT2D eigenvalue weighted by molar-refractivity contribution is 7.99. The van der Waals surface area contributed by atoms with E-state index < -0.39 is 0 Å². The molecule has 2 heterocycles. The van der Waals surface area contributed by atoms with Gasteiger partial charge in [0.1, 0.15) is 0 Å². The number of hydrogen-bond donors (Lipinski definition) is 1. The molecular weight excluding hydrogens is 192 g/mol. The Morgan fingerprint density at radius 2 is 2.43 bits per heavy atom. The van der Waals surface area contributed by atoms with Gasteiger partial charge >= 0.3 is 0 Å².